The number of nitrogens with one attached hydrogen (secondary N) is 2. The Morgan fingerprint density at radius 3 is 1.47 bits per heavy atom. The first-order valence-electron chi connectivity index (χ1n) is 12.1. The maximum atomic E-state index is 12.6. The largest absolute Gasteiger partial charge is 0.507 e. The highest BCUT2D eigenvalue weighted by Crippen LogP contribution is 2.28. The Morgan fingerprint density at radius 1 is 0.711 bits per heavy atom. The van der Waals surface area contributed by atoms with Crippen LogP contribution in [-0.2, 0) is 22.7 Å². The van der Waals surface area contributed by atoms with Crippen LogP contribution >= 0.6 is 31.9 Å². The smallest absolute Gasteiger partial charge is 0.221 e. The molecule has 204 valence electrons. The fourth-order valence-electron chi connectivity index (χ4n) is 4.20. The lowest BCUT2D eigenvalue weighted by Gasteiger charge is -2.26. The number of carbonyl (C=O) groups is 4. The molecule has 3 rings (SSSR count). The van der Waals surface area contributed by atoms with Crippen molar-refractivity contribution in [2.45, 2.75) is 25.9 Å². The van der Waals surface area contributed by atoms with Crippen molar-refractivity contribution >= 4 is 56.2 Å². The van der Waals surface area contributed by atoms with Crippen LogP contribution in [0.1, 0.15) is 44.7 Å². The van der Waals surface area contributed by atoms with Gasteiger partial charge in [0.25, 0.3) is 0 Å². The second kappa shape index (κ2) is 14.4. The molecule has 0 aromatic heterocycles. The Kier molecular flexibility index (Phi) is 11.3. The van der Waals surface area contributed by atoms with E-state index < -0.39 is 0 Å². The SMILES string of the molecule is O=Cc1cc(Br)cc(CN2CCNC(=O)CCN(Cc3cc(Br)cc(C=O)c3O)CCNC(=O)CC2)c1O. The van der Waals surface area contributed by atoms with E-state index in [9.17, 15) is 29.4 Å². The first-order chi connectivity index (χ1) is 18.2. The molecule has 1 fully saturated rings. The maximum absolute atomic E-state index is 12.6. The van der Waals surface area contributed by atoms with Gasteiger partial charge < -0.3 is 20.8 Å². The zero-order valence-electron chi connectivity index (χ0n) is 20.7. The summed E-state index contributed by atoms with van der Waals surface area (Å²) in [5.74, 6) is -0.492. The molecule has 0 saturated carbocycles. The highest BCUT2D eigenvalue weighted by Gasteiger charge is 2.18. The van der Waals surface area contributed by atoms with Crippen LogP contribution in [0.15, 0.2) is 33.2 Å². The minimum absolute atomic E-state index is 0.104. The lowest BCUT2D eigenvalue weighted by Crippen LogP contribution is -2.41. The van der Waals surface area contributed by atoms with Crippen LogP contribution in [0.25, 0.3) is 0 Å². The second-order valence-electron chi connectivity index (χ2n) is 8.99. The van der Waals surface area contributed by atoms with E-state index >= 15 is 0 Å². The van der Waals surface area contributed by atoms with Crippen LogP contribution in [-0.4, -0.2) is 83.7 Å². The summed E-state index contributed by atoms with van der Waals surface area (Å²) in [6.45, 7) is 2.90. The maximum Gasteiger partial charge on any atom is 0.221 e. The molecule has 1 heterocycles. The van der Waals surface area contributed by atoms with Crippen molar-refractivity contribution in [2.75, 3.05) is 39.3 Å². The van der Waals surface area contributed by atoms with Crippen molar-refractivity contribution in [1.82, 2.24) is 20.4 Å². The zero-order chi connectivity index (χ0) is 27.7. The van der Waals surface area contributed by atoms with E-state index in [0.29, 0.717) is 85.0 Å². The summed E-state index contributed by atoms with van der Waals surface area (Å²) in [6, 6.07) is 6.51. The van der Waals surface area contributed by atoms with Gasteiger partial charge in [0, 0.05) is 85.3 Å². The molecule has 0 spiro atoms. The minimum atomic E-state index is -0.142. The predicted molar refractivity (Wildman–Crippen MR) is 148 cm³/mol. The summed E-state index contributed by atoms with van der Waals surface area (Å²) >= 11 is 6.70. The normalized spacial score (nSPS) is 16.8. The fraction of sp³-hybridized carbons (Fsp3) is 0.385. The van der Waals surface area contributed by atoms with E-state index in [-0.39, 0.29) is 47.3 Å². The van der Waals surface area contributed by atoms with Crippen LogP contribution in [0.5, 0.6) is 11.5 Å². The molecular formula is C26H30Br2N4O6. The van der Waals surface area contributed by atoms with Crippen molar-refractivity contribution in [3.8, 4) is 11.5 Å². The molecule has 38 heavy (non-hydrogen) atoms. The molecule has 0 aliphatic carbocycles. The number of amides is 2. The predicted octanol–water partition coefficient (Wildman–Crippen LogP) is 2.58. The minimum Gasteiger partial charge on any atom is -0.507 e. The van der Waals surface area contributed by atoms with Gasteiger partial charge in [-0.05, 0) is 24.3 Å². The van der Waals surface area contributed by atoms with E-state index in [1.54, 1.807) is 12.1 Å². The molecule has 2 aromatic carbocycles. The average Bonchev–Trinajstić information content (AvgIpc) is 2.88. The first kappa shape index (κ1) is 29.8. The third kappa shape index (κ3) is 8.62. The number of rotatable bonds is 6. The lowest BCUT2D eigenvalue weighted by molar-refractivity contribution is -0.123. The van der Waals surface area contributed by atoms with Gasteiger partial charge in [0.15, 0.2) is 12.6 Å². The third-order valence-corrected chi connectivity index (χ3v) is 7.13. The topological polar surface area (TPSA) is 139 Å². The molecule has 0 atom stereocenters. The fourth-order valence-corrected chi connectivity index (χ4v) is 5.25. The van der Waals surface area contributed by atoms with Crippen molar-refractivity contribution < 1.29 is 29.4 Å². The number of hydrogen-bond donors (Lipinski definition) is 4. The molecule has 0 bridgehead atoms. The van der Waals surface area contributed by atoms with Gasteiger partial charge in [0.2, 0.25) is 11.8 Å². The van der Waals surface area contributed by atoms with E-state index in [4.69, 9.17) is 0 Å². The highest BCUT2D eigenvalue weighted by atomic mass is 79.9. The van der Waals surface area contributed by atoms with Gasteiger partial charge >= 0.3 is 0 Å². The second-order valence-corrected chi connectivity index (χ2v) is 10.8. The Morgan fingerprint density at radius 2 is 1.11 bits per heavy atom. The van der Waals surface area contributed by atoms with E-state index in [2.05, 4.69) is 42.5 Å². The summed E-state index contributed by atoms with van der Waals surface area (Å²) < 4.78 is 1.31. The van der Waals surface area contributed by atoms with Gasteiger partial charge in [-0.25, -0.2) is 0 Å². The van der Waals surface area contributed by atoms with Crippen molar-refractivity contribution in [3.63, 3.8) is 0 Å². The molecule has 1 aliphatic rings. The Labute approximate surface area is 237 Å². The van der Waals surface area contributed by atoms with Gasteiger partial charge in [-0.3, -0.25) is 29.0 Å². The molecule has 1 aliphatic heterocycles. The van der Waals surface area contributed by atoms with Gasteiger partial charge in [0.1, 0.15) is 11.5 Å². The number of phenols is 2. The first-order valence-corrected chi connectivity index (χ1v) is 13.7. The number of aromatic hydroxyl groups is 2. The van der Waals surface area contributed by atoms with E-state index in [1.165, 1.54) is 12.1 Å². The lowest BCUT2D eigenvalue weighted by atomic mass is 10.1. The summed E-state index contributed by atoms with van der Waals surface area (Å²) in [5, 5.41) is 26.7. The summed E-state index contributed by atoms with van der Waals surface area (Å²) in [6.07, 6.45) is 1.59. The average molecular weight is 654 g/mol. The van der Waals surface area contributed by atoms with Gasteiger partial charge in [-0.1, -0.05) is 31.9 Å². The Balaban J connectivity index is 1.67. The molecule has 2 aromatic rings. The van der Waals surface area contributed by atoms with Gasteiger partial charge in [0.05, 0.1) is 11.1 Å². The van der Waals surface area contributed by atoms with Crippen LogP contribution < -0.4 is 10.6 Å². The quantitative estimate of drug-likeness (QED) is 0.349. The standard InChI is InChI=1S/C26H30Br2N4O6/c27-21-9-17(25(37)19(11-21)15-33)13-31-5-1-23(35)29-3-8-32(6-2-24(36)30-4-7-31)14-18-10-22(28)12-20(16-34)26(18)38/h9-12,15-16,37-38H,1-8,13-14H2,(H,29,35)(H,30,36). The number of hydrogen-bond acceptors (Lipinski definition) is 8. The van der Waals surface area contributed by atoms with E-state index in [0.717, 1.165) is 0 Å². The molecule has 0 unspecified atom stereocenters. The molecular weight excluding hydrogens is 624 g/mol. The van der Waals surface area contributed by atoms with Crippen LogP contribution in [0.4, 0.5) is 0 Å². The number of phenolic OH excluding ortho intramolecular Hbond substituents is 2. The third-order valence-electron chi connectivity index (χ3n) is 6.22. The molecule has 1 saturated heterocycles. The Hall–Kier alpha value is -2.80. The van der Waals surface area contributed by atoms with Crippen molar-refractivity contribution in [1.29, 1.82) is 0 Å². The molecule has 10 nitrogen and oxygen atoms in total. The van der Waals surface area contributed by atoms with Crippen LogP contribution in [0.2, 0.25) is 0 Å². The molecule has 12 heteroatoms. The van der Waals surface area contributed by atoms with Gasteiger partial charge in [-0.15, -0.1) is 0 Å². The number of carbonyl (C=O) groups excluding carboxylic acids is 4. The van der Waals surface area contributed by atoms with E-state index in [1.807, 2.05) is 9.80 Å². The summed E-state index contributed by atoms with van der Waals surface area (Å²) in [5.41, 5.74) is 1.42. The zero-order valence-corrected chi connectivity index (χ0v) is 23.9. The highest BCUT2D eigenvalue weighted by molar-refractivity contribution is 9.10. The van der Waals surface area contributed by atoms with Crippen molar-refractivity contribution in [2.24, 2.45) is 0 Å². The Bertz CT molecular complexity index is 1100. The number of nitrogens with zero attached hydrogens (tertiary/aromatic N) is 2. The number of aldehydes is 2. The molecule has 2 amide bonds. The van der Waals surface area contributed by atoms with Gasteiger partial charge in [-0.2, -0.15) is 0 Å². The van der Waals surface area contributed by atoms with Crippen LogP contribution in [0, 0.1) is 0 Å². The van der Waals surface area contributed by atoms with Crippen molar-refractivity contribution in [3.05, 3.63) is 55.5 Å². The molecule has 0 radical (unpaired) electrons. The summed E-state index contributed by atoms with van der Waals surface area (Å²) in [4.78, 5) is 51.5. The monoisotopic (exact) mass is 652 g/mol. The number of benzene rings is 2. The number of halogens is 2. The summed E-state index contributed by atoms with van der Waals surface area (Å²) in [7, 11) is 0. The molecule has 4 N–H and O–H groups in total. The van der Waals surface area contributed by atoms with Crippen LogP contribution in [0.3, 0.4) is 0 Å².